The van der Waals surface area contributed by atoms with Gasteiger partial charge in [0.25, 0.3) is 5.91 Å². The molecule has 2 atom stereocenters. The van der Waals surface area contributed by atoms with Crippen LogP contribution in [0.25, 0.3) is 0 Å². The summed E-state index contributed by atoms with van der Waals surface area (Å²) in [5, 5.41) is 3.50. The van der Waals surface area contributed by atoms with Crippen molar-refractivity contribution >= 4 is 35.2 Å². The van der Waals surface area contributed by atoms with Gasteiger partial charge >= 0.3 is 0 Å². The van der Waals surface area contributed by atoms with E-state index < -0.39 is 6.04 Å². The zero-order valence-electron chi connectivity index (χ0n) is 14.4. The Morgan fingerprint density at radius 1 is 1.31 bits per heavy atom. The van der Waals surface area contributed by atoms with Gasteiger partial charge in [0.1, 0.15) is 6.04 Å². The minimum Gasteiger partial charge on any atom is -0.350 e. The second kappa shape index (κ2) is 8.56. The van der Waals surface area contributed by atoms with Crippen LogP contribution in [0.2, 0.25) is 5.02 Å². The molecule has 136 valence electrons. The molecule has 2 aromatic rings. The molecule has 1 aromatic heterocycles. The van der Waals surface area contributed by atoms with E-state index in [1.165, 1.54) is 0 Å². The summed E-state index contributed by atoms with van der Waals surface area (Å²) >= 11 is 7.55. The monoisotopic (exact) mass is 389 g/mol. The number of pyridine rings is 1. The molecule has 1 saturated heterocycles. The fourth-order valence-electron chi connectivity index (χ4n) is 2.90. The number of hydrogen-bond acceptors (Lipinski definition) is 4. The number of carbonyl (C=O) groups is 2. The van der Waals surface area contributed by atoms with Crippen molar-refractivity contribution in [3.05, 3.63) is 64.9 Å². The fraction of sp³-hybridized carbons (Fsp3) is 0.316. The molecule has 1 aliphatic rings. The third-order valence-corrected chi connectivity index (χ3v) is 5.97. The van der Waals surface area contributed by atoms with Crippen molar-refractivity contribution in [1.29, 1.82) is 0 Å². The van der Waals surface area contributed by atoms with E-state index in [1.54, 1.807) is 53.3 Å². The molecule has 1 aliphatic heterocycles. The van der Waals surface area contributed by atoms with Gasteiger partial charge in [-0.05, 0) is 42.3 Å². The number of benzene rings is 1. The van der Waals surface area contributed by atoms with E-state index in [4.69, 9.17) is 11.6 Å². The van der Waals surface area contributed by atoms with Crippen LogP contribution >= 0.6 is 23.4 Å². The maximum absolute atomic E-state index is 13.0. The van der Waals surface area contributed by atoms with Gasteiger partial charge in [-0.2, -0.15) is 0 Å². The van der Waals surface area contributed by atoms with E-state index in [-0.39, 0.29) is 17.2 Å². The van der Waals surface area contributed by atoms with Crippen LogP contribution in [0.4, 0.5) is 0 Å². The highest BCUT2D eigenvalue weighted by Crippen LogP contribution is 2.33. The molecule has 0 bridgehead atoms. The van der Waals surface area contributed by atoms with Gasteiger partial charge in [-0.3, -0.25) is 14.6 Å². The molecule has 1 aromatic carbocycles. The summed E-state index contributed by atoms with van der Waals surface area (Å²) in [6.07, 6.45) is 4.20. The molecule has 1 N–H and O–H groups in total. The van der Waals surface area contributed by atoms with Crippen LogP contribution in [0.15, 0.2) is 48.8 Å². The lowest BCUT2D eigenvalue weighted by Crippen LogP contribution is -2.49. The average molecular weight is 390 g/mol. The molecule has 2 amide bonds. The van der Waals surface area contributed by atoms with Crippen LogP contribution < -0.4 is 5.32 Å². The quantitative estimate of drug-likeness (QED) is 0.851. The first-order chi connectivity index (χ1) is 12.6. The van der Waals surface area contributed by atoms with Gasteiger partial charge in [-0.15, -0.1) is 11.8 Å². The van der Waals surface area contributed by atoms with Crippen LogP contribution in [0, 0.1) is 0 Å². The molecular formula is C19H20ClN3O2S. The van der Waals surface area contributed by atoms with Gasteiger partial charge < -0.3 is 10.2 Å². The first kappa shape index (κ1) is 18.7. The summed E-state index contributed by atoms with van der Waals surface area (Å²) in [5.74, 6) is 0.316. The van der Waals surface area contributed by atoms with Gasteiger partial charge in [-0.1, -0.05) is 24.6 Å². The first-order valence-corrected chi connectivity index (χ1v) is 9.89. The smallest absolute Gasteiger partial charge is 0.255 e. The molecule has 0 aliphatic carbocycles. The van der Waals surface area contributed by atoms with Crippen LogP contribution in [-0.4, -0.2) is 38.9 Å². The summed E-state index contributed by atoms with van der Waals surface area (Å²) in [4.78, 5) is 31.5. The van der Waals surface area contributed by atoms with E-state index >= 15 is 0 Å². The maximum Gasteiger partial charge on any atom is 0.255 e. The topological polar surface area (TPSA) is 62.3 Å². The van der Waals surface area contributed by atoms with Crippen molar-refractivity contribution < 1.29 is 9.59 Å². The highest BCUT2D eigenvalue weighted by Gasteiger charge is 2.40. The number of rotatable bonds is 5. The van der Waals surface area contributed by atoms with Gasteiger partial charge in [0.2, 0.25) is 5.91 Å². The van der Waals surface area contributed by atoms with Crippen LogP contribution in [0.3, 0.4) is 0 Å². The van der Waals surface area contributed by atoms with Crippen molar-refractivity contribution in [2.75, 3.05) is 5.75 Å². The molecule has 2 unspecified atom stereocenters. The molecule has 0 saturated carbocycles. The van der Waals surface area contributed by atoms with Crippen molar-refractivity contribution in [2.24, 2.45) is 0 Å². The molecule has 1 fully saturated rings. The molecule has 3 rings (SSSR count). The summed E-state index contributed by atoms with van der Waals surface area (Å²) in [7, 11) is 0. The third-order valence-electron chi connectivity index (χ3n) is 4.26. The van der Waals surface area contributed by atoms with Crippen molar-refractivity contribution in [1.82, 2.24) is 15.2 Å². The number of nitrogens with one attached hydrogen (secondary N) is 1. The van der Waals surface area contributed by atoms with E-state index in [2.05, 4.69) is 10.3 Å². The summed E-state index contributed by atoms with van der Waals surface area (Å²) < 4.78 is 0. The minimum absolute atomic E-state index is 0.00711. The number of carbonyl (C=O) groups excluding carboxylic acids is 2. The van der Waals surface area contributed by atoms with E-state index in [9.17, 15) is 9.59 Å². The lowest BCUT2D eigenvalue weighted by Gasteiger charge is -2.28. The Labute approximate surface area is 162 Å². The highest BCUT2D eigenvalue weighted by molar-refractivity contribution is 8.00. The average Bonchev–Trinajstić information content (AvgIpc) is 3.11. The van der Waals surface area contributed by atoms with Crippen molar-refractivity contribution in [3.8, 4) is 0 Å². The molecule has 0 radical (unpaired) electrons. The van der Waals surface area contributed by atoms with Crippen molar-refractivity contribution in [3.63, 3.8) is 0 Å². The lowest BCUT2D eigenvalue weighted by molar-refractivity contribution is -0.125. The zero-order valence-corrected chi connectivity index (χ0v) is 16.0. The van der Waals surface area contributed by atoms with Gasteiger partial charge in [-0.25, -0.2) is 0 Å². The third kappa shape index (κ3) is 4.19. The Balaban J connectivity index is 1.73. The van der Waals surface area contributed by atoms with E-state index in [1.807, 2.05) is 19.1 Å². The van der Waals surface area contributed by atoms with Gasteiger partial charge in [0.15, 0.2) is 0 Å². The number of aromatic nitrogens is 1. The summed E-state index contributed by atoms with van der Waals surface area (Å²) in [5.41, 5.74) is 1.47. The SMILES string of the molecule is CCC1SCC(C(=O)NCc2cccnc2)N1C(=O)c1ccc(Cl)cc1. The van der Waals surface area contributed by atoms with E-state index in [0.717, 1.165) is 12.0 Å². The van der Waals surface area contributed by atoms with Crippen LogP contribution in [0.5, 0.6) is 0 Å². The lowest BCUT2D eigenvalue weighted by atomic mass is 10.1. The number of thioether (sulfide) groups is 1. The molecule has 7 heteroatoms. The fourth-order valence-corrected chi connectivity index (χ4v) is 4.38. The molecule has 5 nitrogen and oxygen atoms in total. The number of amides is 2. The van der Waals surface area contributed by atoms with Gasteiger partial charge in [0.05, 0.1) is 5.37 Å². The zero-order chi connectivity index (χ0) is 18.5. The Morgan fingerprint density at radius 3 is 2.73 bits per heavy atom. The Kier molecular flexibility index (Phi) is 6.16. The molecule has 26 heavy (non-hydrogen) atoms. The van der Waals surface area contributed by atoms with Gasteiger partial charge in [0, 0.05) is 35.3 Å². The molecule has 0 spiro atoms. The Morgan fingerprint density at radius 2 is 2.08 bits per heavy atom. The first-order valence-electron chi connectivity index (χ1n) is 8.46. The predicted molar refractivity (Wildman–Crippen MR) is 104 cm³/mol. The van der Waals surface area contributed by atoms with Crippen molar-refractivity contribution in [2.45, 2.75) is 31.3 Å². The second-order valence-electron chi connectivity index (χ2n) is 6.01. The number of hydrogen-bond donors (Lipinski definition) is 1. The predicted octanol–water partition coefficient (Wildman–Crippen LogP) is 3.35. The maximum atomic E-state index is 13.0. The normalized spacial score (nSPS) is 19.4. The van der Waals surface area contributed by atoms with E-state index in [0.29, 0.717) is 22.9 Å². The Bertz CT molecular complexity index is 770. The minimum atomic E-state index is -0.482. The molecular weight excluding hydrogens is 370 g/mol. The second-order valence-corrected chi connectivity index (χ2v) is 7.66. The summed E-state index contributed by atoms with van der Waals surface area (Å²) in [6, 6.07) is 10.0. The largest absolute Gasteiger partial charge is 0.350 e. The molecule has 2 heterocycles. The highest BCUT2D eigenvalue weighted by atomic mass is 35.5. The summed E-state index contributed by atoms with van der Waals surface area (Å²) in [6.45, 7) is 2.42. The Hall–Kier alpha value is -2.05. The standard InChI is InChI=1S/C19H20ClN3O2S/c1-2-17-23(19(25)14-5-7-15(20)8-6-14)16(12-26-17)18(24)22-11-13-4-3-9-21-10-13/h3-10,16-17H,2,11-12H2,1H3,(H,22,24). The number of nitrogens with zero attached hydrogens (tertiary/aromatic N) is 2. The number of halogens is 1. The van der Waals surface area contributed by atoms with Crippen LogP contribution in [-0.2, 0) is 11.3 Å². The van der Waals surface area contributed by atoms with Crippen LogP contribution in [0.1, 0.15) is 29.3 Å².